The molecule has 1 aliphatic rings. The normalized spacial score (nSPS) is 24.9. The molecule has 2 rings (SSSR count). The molecule has 88 valence electrons. The highest BCUT2D eigenvalue weighted by Crippen LogP contribution is 2.23. The van der Waals surface area contributed by atoms with Crippen molar-refractivity contribution < 1.29 is 4.74 Å². The monoisotopic (exact) mass is 219 g/mol. The van der Waals surface area contributed by atoms with Gasteiger partial charge in [0.05, 0.1) is 6.61 Å². The van der Waals surface area contributed by atoms with Gasteiger partial charge in [-0.15, -0.1) is 0 Å². The molecule has 2 nitrogen and oxygen atoms in total. The molecule has 1 atom stereocenters. The third-order valence-electron chi connectivity index (χ3n) is 3.39. The predicted molar refractivity (Wildman–Crippen MR) is 66.5 cm³/mol. The molecule has 2 heteroatoms. The van der Waals surface area contributed by atoms with Gasteiger partial charge < -0.3 is 10.1 Å². The van der Waals surface area contributed by atoms with Gasteiger partial charge in [-0.25, -0.2) is 0 Å². The molecule has 1 aliphatic heterocycles. The third kappa shape index (κ3) is 2.83. The van der Waals surface area contributed by atoms with Crippen LogP contribution >= 0.6 is 0 Å². The standard InChI is InChI=1S/C14H21NO/c1-14(8-3-9-15-14)10-12-4-6-13(7-5-12)11-16-2/h4-7,15H,3,8-11H2,1-2H3. The quantitative estimate of drug-likeness (QED) is 0.840. The van der Waals surface area contributed by atoms with E-state index in [2.05, 4.69) is 36.5 Å². The molecule has 1 N–H and O–H groups in total. The Morgan fingerprint density at radius 1 is 1.25 bits per heavy atom. The lowest BCUT2D eigenvalue weighted by molar-refractivity contribution is 0.185. The maximum atomic E-state index is 5.11. The minimum absolute atomic E-state index is 0.308. The summed E-state index contributed by atoms with van der Waals surface area (Å²) < 4.78 is 5.11. The summed E-state index contributed by atoms with van der Waals surface area (Å²) >= 11 is 0. The Kier molecular flexibility index (Phi) is 3.62. The Bertz CT molecular complexity index is 325. The van der Waals surface area contributed by atoms with Gasteiger partial charge in [0.25, 0.3) is 0 Å². The van der Waals surface area contributed by atoms with Gasteiger partial charge in [0, 0.05) is 12.6 Å². The van der Waals surface area contributed by atoms with Crippen molar-refractivity contribution in [2.24, 2.45) is 0 Å². The summed E-state index contributed by atoms with van der Waals surface area (Å²) in [5.41, 5.74) is 2.97. The summed E-state index contributed by atoms with van der Waals surface area (Å²) in [5, 5.41) is 3.60. The highest BCUT2D eigenvalue weighted by molar-refractivity contribution is 5.24. The smallest absolute Gasteiger partial charge is 0.0713 e. The molecule has 0 bridgehead atoms. The number of ether oxygens (including phenoxy) is 1. The van der Waals surface area contributed by atoms with Gasteiger partial charge in [0.15, 0.2) is 0 Å². The molecule has 1 fully saturated rings. The van der Waals surface area contributed by atoms with Gasteiger partial charge in [-0.2, -0.15) is 0 Å². The second kappa shape index (κ2) is 4.98. The van der Waals surface area contributed by atoms with E-state index in [0.717, 1.165) is 13.0 Å². The molecule has 0 aromatic heterocycles. The number of rotatable bonds is 4. The van der Waals surface area contributed by atoms with E-state index in [0.29, 0.717) is 12.1 Å². The largest absolute Gasteiger partial charge is 0.380 e. The zero-order valence-electron chi connectivity index (χ0n) is 10.3. The van der Waals surface area contributed by atoms with Crippen molar-refractivity contribution in [2.75, 3.05) is 13.7 Å². The fourth-order valence-electron chi connectivity index (χ4n) is 2.48. The van der Waals surface area contributed by atoms with Crippen molar-refractivity contribution in [3.8, 4) is 0 Å². The first kappa shape index (κ1) is 11.6. The molecule has 1 heterocycles. The van der Waals surface area contributed by atoms with E-state index >= 15 is 0 Å². The van der Waals surface area contributed by atoms with E-state index in [9.17, 15) is 0 Å². The molecule has 0 saturated carbocycles. The highest BCUT2D eigenvalue weighted by atomic mass is 16.5. The lowest BCUT2D eigenvalue weighted by Gasteiger charge is -2.24. The first-order chi connectivity index (χ1) is 7.72. The lowest BCUT2D eigenvalue weighted by atomic mass is 9.91. The molecular weight excluding hydrogens is 198 g/mol. The molecule has 0 radical (unpaired) electrons. The van der Waals surface area contributed by atoms with E-state index < -0.39 is 0 Å². The van der Waals surface area contributed by atoms with Gasteiger partial charge >= 0.3 is 0 Å². The molecule has 1 unspecified atom stereocenters. The maximum Gasteiger partial charge on any atom is 0.0713 e. The van der Waals surface area contributed by atoms with Crippen LogP contribution in [0.5, 0.6) is 0 Å². The van der Waals surface area contributed by atoms with Crippen LogP contribution in [0.1, 0.15) is 30.9 Å². The van der Waals surface area contributed by atoms with Crippen LogP contribution in [-0.4, -0.2) is 19.2 Å². The van der Waals surface area contributed by atoms with Gasteiger partial charge in [0.2, 0.25) is 0 Å². The van der Waals surface area contributed by atoms with Crippen LogP contribution in [0.15, 0.2) is 24.3 Å². The first-order valence-electron chi connectivity index (χ1n) is 6.04. The molecule has 0 aliphatic carbocycles. The van der Waals surface area contributed by atoms with Crippen molar-refractivity contribution in [2.45, 2.75) is 38.3 Å². The summed E-state index contributed by atoms with van der Waals surface area (Å²) in [6, 6.07) is 8.77. The second-order valence-corrected chi connectivity index (χ2v) is 5.02. The molecule has 1 aromatic carbocycles. The highest BCUT2D eigenvalue weighted by Gasteiger charge is 2.27. The van der Waals surface area contributed by atoms with Crippen LogP contribution in [-0.2, 0) is 17.8 Å². The average Bonchev–Trinajstić information content (AvgIpc) is 2.68. The Labute approximate surface area is 98.0 Å². The fraction of sp³-hybridized carbons (Fsp3) is 0.571. The van der Waals surface area contributed by atoms with Crippen LogP contribution in [0.2, 0.25) is 0 Å². The molecule has 16 heavy (non-hydrogen) atoms. The van der Waals surface area contributed by atoms with E-state index in [4.69, 9.17) is 4.74 Å². The summed E-state index contributed by atoms with van der Waals surface area (Å²) in [7, 11) is 1.73. The van der Waals surface area contributed by atoms with E-state index in [1.54, 1.807) is 7.11 Å². The predicted octanol–water partition coefficient (Wildman–Crippen LogP) is 2.52. The van der Waals surface area contributed by atoms with E-state index in [1.165, 1.54) is 24.0 Å². The minimum Gasteiger partial charge on any atom is -0.380 e. The average molecular weight is 219 g/mol. The van der Waals surface area contributed by atoms with Gasteiger partial charge in [0.1, 0.15) is 0 Å². The topological polar surface area (TPSA) is 21.3 Å². The maximum absolute atomic E-state index is 5.11. The summed E-state index contributed by atoms with van der Waals surface area (Å²) in [6.07, 6.45) is 3.71. The zero-order chi connectivity index (χ0) is 11.4. The van der Waals surface area contributed by atoms with Crippen LogP contribution in [0, 0.1) is 0 Å². The van der Waals surface area contributed by atoms with Crippen molar-refractivity contribution in [1.29, 1.82) is 0 Å². The summed E-state index contributed by atoms with van der Waals surface area (Å²) in [6.45, 7) is 4.19. The molecule has 0 amide bonds. The number of nitrogens with one attached hydrogen (secondary N) is 1. The van der Waals surface area contributed by atoms with Crippen LogP contribution < -0.4 is 5.32 Å². The van der Waals surface area contributed by atoms with Gasteiger partial charge in [-0.05, 0) is 43.9 Å². The van der Waals surface area contributed by atoms with Crippen molar-refractivity contribution >= 4 is 0 Å². The number of hydrogen-bond donors (Lipinski definition) is 1. The Balaban J connectivity index is 1.99. The van der Waals surface area contributed by atoms with Crippen LogP contribution in [0.3, 0.4) is 0 Å². The van der Waals surface area contributed by atoms with Crippen molar-refractivity contribution in [1.82, 2.24) is 5.32 Å². The molecular formula is C14H21NO. The van der Waals surface area contributed by atoms with Crippen molar-refractivity contribution in [3.05, 3.63) is 35.4 Å². The Morgan fingerprint density at radius 2 is 1.94 bits per heavy atom. The van der Waals surface area contributed by atoms with Gasteiger partial charge in [-0.1, -0.05) is 24.3 Å². The lowest BCUT2D eigenvalue weighted by Crippen LogP contribution is -2.38. The SMILES string of the molecule is COCc1ccc(CC2(C)CCCN2)cc1. The molecule has 1 aromatic rings. The van der Waals surface area contributed by atoms with E-state index in [1.807, 2.05) is 0 Å². The number of benzene rings is 1. The Hall–Kier alpha value is -0.860. The van der Waals surface area contributed by atoms with Crippen LogP contribution in [0.4, 0.5) is 0 Å². The minimum atomic E-state index is 0.308. The van der Waals surface area contributed by atoms with Gasteiger partial charge in [-0.3, -0.25) is 0 Å². The number of hydrogen-bond acceptors (Lipinski definition) is 2. The van der Waals surface area contributed by atoms with Crippen molar-refractivity contribution in [3.63, 3.8) is 0 Å². The molecule has 0 spiro atoms. The Morgan fingerprint density at radius 3 is 2.50 bits per heavy atom. The second-order valence-electron chi connectivity index (χ2n) is 5.02. The summed E-state index contributed by atoms with van der Waals surface area (Å²) in [4.78, 5) is 0. The fourth-order valence-corrected chi connectivity index (χ4v) is 2.48. The first-order valence-corrected chi connectivity index (χ1v) is 6.04. The summed E-state index contributed by atoms with van der Waals surface area (Å²) in [5.74, 6) is 0. The third-order valence-corrected chi connectivity index (χ3v) is 3.39. The number of methoxy groups -OCH3 is 1. The zero-order valence-corrected chi connectivity index (χ0v) is 10.3. The van der Waals surface area contributed by atoms with Crippen LogP contribution in [0.25, 0.3) is 0 Å². The molecule has 1 saturated heterocycles. The van der Waals surface area contributed by atoms with E-state index in [-0.39, 0.29) is 0 Å².